The predicted molar refractivity (Wildman–Crippen MR) is 84.1 cm³/mol. The molecule has 1 heterocycles. The van der Waals surface area contributed by atoms with Crippen molar-refractivity contribution in [2.75, 3.05) is 30.5 Å². The molecule has 1 fully saturated rings. The molecule has 0 spiro atoms. The second-order valence-electron chi connectivity index (χ2n) is 5.51. The molecule has 1 aliphatic heterocycles. The summed E-state index contributed by atoms with van der Waals surface area (Å²) in [5.41, 5.74) is -0.0823. The van der Waals surface area contributed by atoms with Gasteiger partial charge < -0.3 is 15.3 Å². The van der Waals surface area contributed by atoms with Gasteiger partial charge in [-0.3, -0.25) is 4.79 Å². The van der Waals surface area contributed by atoms with Crippen molar-refractivity contribution >= 4 is 23.4 Å². The van der Waals surface area contributed by atoms with Gasteiger partial charge in [-0.2, -0.15) is 11.8 Å². The molecule has 6 heteroatoms. The Bertz CT molecular complexity index is 516. The summed E-state index contributed by atoms with van der Waals surface area (Å²) in [7, 11) is 3.55. The van der Waals surface area contributed by atoms with Gasteiger partial charge in [0.15, 0.2) is 0 Å². The Morgan fingerprint density at radius 2 is 2.10 bits per heavy atom. The number of amides is 1. The van der Waals surface area contributed by atoms with Crippen LogP contribution in [-0.2, 0) is 11.3 Å². The first-order valence-electron chi connectivity index (χ1n) is 6.96. The number of hydrogen-bond acceptors (Lipinski definition) is 4. The Hall–Kier alpha value is -1.27. The fourth-order valence-corrected chi connectivity index (χ4v) is 3.47. The number of nitrogens with zero attached hydrogens (tertiary/aromatic N) is 1. The molecule has 0 radical (unpaired) electrons. The first-order valence-corrected chi connectivity index (χ1v) is 8.12. The van der Waals surface area contributed by atoms with Crippen molar-refractivity contribution in [2.24, 2.45) is 0 Å². The molecule has 2 rings (SSSR count). The van der Waals surface area contributed by atoms with Crippen molar-refractivity contribution in [3.63, 3.8) is 0 Å². The number of hydrogen-bond donors (Lipinski definition) is 2. The molecular formula is C15H21FN2O2S. The topological polar surface area (TPSA) is 52.6 Å². The Morgan fingerprint density at radius 1 is 1.43 bits per heavy atom. The summed E-state index contributed by atoms with van der Waals surface area (Å²) in [5, 5.41) is 13.0. The zero-order valence-electron chi connectivity index (χ0n) is 12.4. The molecule has 0 bridgehead atoms. The van der Waals surface area contributed by atoms with Crippen LogP contribution in [0, 0.1) is 5.82 Å². The van der Waals surface area contributed by atoms with Gasteiger partial charge in [0, 0.05) is 20.6 Å². The van der Waals surface area contributed by atoms with E-state index in [0.29, 0.717) is 24.1 Å². The first-order chi connectivity index (χ1) is 9.92. The van der Waals surface area contributed by atoms with Crippen LogP contribution in [0.25, 0.3) is 0 Å². The first kappa shape index (κ1) is 16.1. The van der Waals surface area contributed by atoms with E-state index in [1.165, 1.54) is 6.07 Å². The minimum absolute atomic E-state index is 0.221. The zero-order valence-corrected chi connectivity index (χ0v) is 13.2. The average molecular weight is 312 g/mol. The Balaban J connectivity index is 1.96. The number of anilines is 1. The summed E-state index contributed by atoms with van der Waals surface area (Å²) in [6.07, 6.45) is 0.939. The molecule has 0 aromatic heterocycles. The summed E-state index contributed by atoms with van der Waals surface area (Å²) in [5.74, 6) is 0.894. The second kappa shape index (κ2) is 6.66. The lowest BCUT2D eigenvalue weighted by Gasteiger charge is -2.30. The summed E-state index contributed by atoms with van der Waals surface area (Å²) >= 11 is 1.74. The van der Waals surface area contributed by atoms with Gasteiger partial charge in [-0.1, -0.05) is 6.07 Å². The third kappa shape index (κ3) is 3.89. The van der Waals surface area contributed by atoms with Crippen molar-refractivity contribution in [3.05, 3.63) is 29.6 Å². The predicted octanol–water partition coefficient (Wildman–Crippen LogP) is 1.77. The van der Waals surface area contributed by atoms with Crippen LogP contribution >= 0.6 is 11.8 Å². The maximum absolute atomic E-state index is 13.8. The molecule has 1 aromatic carbocycles. The van der Waals surface area contributed by atoms with Crippen LogP contribution in [0.5, 0.6) is 0 Å². The van der Waals surface area contributed by atoms with Crippen LogP contribution < -0.4 is 10.2 Å². The highest BCUT2D eigenvalue weighted by molar-refractivity contribution is 7.99. The molecule has 0 atom stereocenters. The second-order valence-corrected chi connectivity index (χ2v) is 6.73. The zero-order chi connectivity index (χ0) is 15.5. The van der Waals surface area contributed by atoms with E-state index in [0.717, 1.165) is 11.5 Å². The van der Waals surface area contributed by atoms with Gasteiger partial charge in [-0.05, 0) is 42.0 Å². The van der Waals surface area contributed by atoms with E-state index in [2.05, 4.69) is 5.32 Å². The molecule has 0 aliphatic carbocycles. The quantitative estimate of drug-likeness (QED) is 0.890. The van der Waals surface area contributed by atoms with E-state index in [1.807, 2.05) is 0 Å². The van der Waals surface area contributed by atoms with Crippen molar-refractivity contribution in [2.45, 2.75) is 25.0 Å². The average Bonchev–Trinajstić information content (AvgIpc) is 2.45. The van der Waals surface area contributed by atoms with Gasteiger partial charge in [0.25, 0.3) is 5.91 Å². The lowest BCUT2D eigenvalue weighted by atomic mass is 9.95. The van der Waals surface area contributed by atoms with Gasteiger partial charge in [0.1, 0.15) is 11.4 Å². The molecule has 1 amide bonds. The Labute approximate surface area is 128 Å². The van der Waals surface area contributed by atoms with Crippen LogP contribution in [0.2, 0.25) is 0 Å². The molecule has 1 aromatic rings. The van der Waals surface area contributed by atoms with E-state index < -0.39 is 5.60 Å². The van der Waals surface area contributed by atoms with Gasteiger partial charge in [0.2, 0.25) is 0 Å². The number of halogens is 1. The van der Waals surface area contributed by atoms with E-state index in [-0.39, 0.29) is 18.3 Å². The molecule has 21 heavy (non-hydrogen) atoms. The van der Waals surface area contributed by atoms with Crippen LogP contribution in [0.1, 0.15) is 18.4 Å². The third-order valence-corrected chi connectivity index (χ3v) is 4.68. The number of carbonyl (C=O) groups excluding carboxylic acids is 1. The molecule has 1 aliphatic rings. The van der Waals surface area contributed by atoms with Crippen molar-refractivity contribution in [3.8, 4) is 0 Å². The Kier molecular flexibility index (Phi) is 5.11. The van der Waals surface area contributed by atoms with E-state index in [4.69, 9.17) is 0 Å². The molecule has 2 N–H and O–H groups in total. The highest BCUT2D eigenvalue weighted by atomic mass is 32.2. The summed E-state index contributed by atoms with van der Waals surface area (Å²) in [6, 6.07) is 4.87. The largest absolute Gasteiger partial charge is 0.380 e. The molecule has 116 valence electrons. The summed E-state index contributed by atoms with van der Waals surface area (Å²) in [4.78, 5) is 13.8. The fraction of sp³-hybridized carbons (Fsp3) is 0.533. The minimum Gasteiger partial charge on any atom is -0.380 e. The molecule has 0 unspecified atom stereocenters. The lowest BCUT2D eigenvalue weighted by Crippen LogP contribution is -2.48. The van der Waals surface area contributed by atoms with Gasteiger partial charge in [-0.15, -0.1) is 0 Å². The minimum atomic E-state index is -1.27. The SMILES string of the molecule is CN(C)c1ccc(CNC(=O)C2(O)CCSCC2)cc1F. The maximum atomic E-state index is 13.8. The summed E-state index contributed by atoms with van der Waals surface area (Å²) < 4.78 is 13.8. The van der Waals surface area contributed by atoms with Gasteiger partial charge in [-0.25, -0.2) is 4.39 Å². The highest BCUT2D eigenvalue weighted by Crippen LogP contribution is 2.27. The molecule has 0 saturated carbocycles. The van der Waals surface area contributed by atoms with Gasteiger partial charge >= 0.3 is 0 Å². The van der Waals surface area contributed by atoms with Crippen LogP contribution in [0.3, 0.4) is 0 Å². The Morgan fingerprint density at radius 3 is 2.67 bits per heavy atom. The van der Waals surface area contributed by atoms with Crippen molar-refractivity contribution < 1.29 is 14.3 Å². The molecular weight excluding hydrogens is 291 g/mol. The maximum Gasteiger partial charge on any atom is 0.252 e. The van der Waals surface area contributed by atoms with Crippen LogP contribution in [0.4, 0.5) is 10.1 Å². The van der Waals surface area contributed by atoms with E-state index in [9.17, 15) is 14.3 Å². The number of benzene rings is 1. The smallest absolute Gasteiger partial charge is 0.252 e. The normalized spacial score (nSPS) is 17.3. The monoisotopic (exact) mass is 312 g/mol. The standard InChI is InChI=1S/C15H21FN2O2S/c1-18(2)13-4-3-11(9-12(13)16)10-17-14(19)15(20)5-7-21-8-6-15/h3-4,9,20H,5-8,10H2,1-2H3,(H,17,19). The highest BCUT2D eigenvalue weighted by Gasteiger charge is 2.37. The van der Waals surface area contributed by atoms with Crippen LogP contribution in [-0.4, -0.2) is 42.2 Å². The van der Waals surface area contributed by atoms with E-state index >= 15 is 0 Å². The van der Waals surface area contributed by atoms with Gasteiger partial charge in [0.05, 0.1) is 5.69 Å². The number of rotatable bonds is 4. The molecule has 1 saturated heterocycles. The lowest BCUT2D eigenvalue weighted by molar-refractivity contribution is -0.140. The van der Waals surface area contributed by atoms with Crippen LogP contribution in [0.15, 0.2) is 18.2 Å². The number of thioether (sulfide) groups is 1. The van der Waals surface area contributed by atoms with Crippen molar-refractivity contribution in [1.82, 2.24) is 5.32 Å². The fourth-order valence-electron chi connectivity index (χ4n) is 2.31. The van der Waals surface area contributed by atoms with Crippen molar-refractivity contribution in [1.29, 1.82) is 0 Å². The number of carbonyl (C=O) groups is 1. The third-order valence-electron chi connectivity index (χ3n) is 3.69. The van der Waals surface area contributed by atoms with E-state index in [1.54, 1.807) is 42.9 Å². The number of aliphatic hydroxyl groups is 1. The summed E-state index contributed by atoms with van der Waals surface area (Å²) in [6.45, 7) is 0.221. The number of nitrogens with one attached hydrogen (secondary N) is 1. The molecule has 4 nitrogen and oxygen atoms in total.